The predicted octanol–water partition coefficient (Wildman–Crippen LogP) is 3.61. The molecule has 88 valence electrons. The maximum Gasteiger partial charge on any atom is 0.216 e. The van der Waals surface area contributed by atoms with Crippen LogP contribution in [0.15, 0.2) is 0 Å². The van der Waals surface area contributed by atoms with Crippen LogP contribution in [-0.2, 0) is 4.79 Å². The lowest BCUT2D eigenvalue weighted by Gasteiger charge is -2.04. The molecule has 2 nitrogen and oxygen atoms in total. The molecule has 0 aromatic rings. The molecule has 0 fully saturated rings. The van der Waals surface area contributed by atoms with Gasteiger partial charge in [0.25, 0.3) is 0 Å². The molecule has 2 heteroatoms. The summed E-state index contributed by atoms with van der Waals surface area (Å²) in [4.78, 5) is 10.5. The van der Waals surface area contributed by atoms with Crippen molar-refractivity contribution in [3.8, 4) is 0 Å². The molecule has 0 radical (unpaired) electrons. The Kier molecular flexibility index (Phi) is 14.2. The van der Waals surface area contributed by atoms with E-state index >= 15 is 0 Å². The summed E-state index contributed by atoms with van der Waals surface area (Å²) in [5.74, 6) is 0.893. The standard InChI is InChI=1S/C10H21NO.C2H6.H2/c1-9(2)7-5-4-6-8-11-10(3)12;1-2;/h9H,4-8H2,1-3H3,(H,11,12);1-2H3;1H. The van der Waals surface area contributed by atoms with Gasteiger partial charge in [-0.25, -0.2) is 0 Å². The number of carbonyl (C=O) groups excluding carboxylic acids is 1. The zero-order chi connectivity index (χ0) is 11.4. The second-order valence-electron chi connectivity index (χ2n) is 3.73. The van der Waals surface area contributed by atoms with Crippen LogP contribution in [0.25, 0.3) is 0 Å². The fraction of sp³-hybridized carbons (Fsp3) is 0.917. The number of rotatable bonds is 6. The maximum atomic E-state index is 10.5. The van der Waals surface area contributed by atoms with Crippen molar-refractivity contribution in [2.75, 3.05) is 6.54 Å². The average Bonchev–Trinajstić information content (AvgIpc) is 2.13. The van der Waals surface area contributed by atoms with Crippen molar-refractivity contribution < 1.29 is 6.22 Å². The van der Waals surface area contributed by atoms with Gasteiger partial charge in [0, 0.05) is 14.9 Å². The number of unbranched alkanes of at least 4 members (excludes halogenated alkanes) is 2. The highest BCUT2D eigenvalue weighted by Crippen LogP contribution is 2.07. The van der Waals surface area contributed by atoms with E-state index in [0.29, 0.717) is 0 Å². The van der Waals surface area contributed by atoms with E-state index in [1.54, 1.807) is 6.92 Å². The monoisotopic (exact) mass is 203 g/mol. The Balaban J connectivity index is -0.000000449. The summed E-state index contributed by atoms with van der Waals surface area (Å²) in [6, 6.07) is 0. The summed E-state index contributed by atoms with van der Waals surface area (Å²) >= 11 is 0. The summed E-state index contributed by atoms with van der Waals surface area (Å²) < 4.78 is 0. The van der Waals surface area contributed by atoms with Crippen LogP contribution in [0.1, 0.15) is 61.7 Å². The first-order chi connectivity index (χ1) is 6.63. The molecule has 1 amide bonds. The smallest absolute Gasteiger partial charge is 0.216 e. The Morgan fingerprint density at radius 3 is 2.21 bits per heavy atom. The molecule has 0 saturated carbocycles. The highest BCUT2D eigenvalue weighted by molar-refractivity contribution is 5.72. The fourth-order valence-corrected chi connectivity index (χ4v) is 1.12. The van der Waals surface area contributed by atoms with Gasteiger partial charge in [-0.15, -0.1) is 0 Å². The van der Waals surface area contributed by atoms with Gasteiger partial charge in [-0.1, -0.05) is 47.0 Å². The molecule has 0 aromatic carbocycles. The summed E-state index contributed by atoms with van der Waals surface area (Å²) in [5, 5.41) is 2.79. The van der Waals surface area contributed by atoms with Gasteiger partial charge in [0.15, 0.2) is 0 Å². The van der Waals surface area contributed by atoms with Gasteiger partial charge < -0.3 is 5.32 Å². The number of hydrogen-bond acceptors (Lipinski definition) is 1. The summed E-state index contributed by atoms with van der Waals surface area (Å²) in [6.07, 6.45) is 4.95. The number of carbonyl (C=O) groups is 1. The lowest BCUT2D eigenvalue weighted by molar-refractivity contribution is -0.118. The van der Waals surface area contributed by atoms with Crippen molar-refractivity contribution in [1.29, 1.82) is 0 Å². The van der Waals surface area contributed by atoms with Crippen LogP contribution in [0.4, 0.5) is 0 Å². The number of hydrogen-bond donors (Lipinski definition) is 1. The molecule has 0 heterocycles. The Morgan fingerprint density at radius 1 is 1.21 bits per heavy atom. The molecule has 0 aliphatic rings. The molecule has 0 spiro atoms. The Bertz CT molecular complexity index is 127. The van der Waals surface area contributed by atoms with Crippen molar-refractivity contribution in [1.82, 2.24) is 5.32 Å². The third-order valence-corrected chi connectivity index (χ3v) is 1.83. The van der Waals surface area contributed by atoms with E-state index in [4.69, 9.17) is 0 Å². The van der Waals surface area contributed by atoms with Crippen LogP contribution in [0, 0.1) is 5.92 Å². The third kappa shape index (κ3) is 17.5. The van der Waals surface area contributed by atoms with E-state index in [0.717, 1.165) is 18.9 Å². The van der Waals surface area contributed by atoms with E-state index in [9.17, 15) is 4.79 Å². The molecular formula is C12H29NO. The molecule has 0 unspecified atom stereocenters. The SMILES string of the molecule is CC.CC(=O)NCCCCCC(C)C.[HH]. The van der Waals surface area contributed by atoms with Crippen LogP contribution in [0.3, 0.4) is 0 Å². The molecule has 0 saturated heterocycles. The van der Waals surface area contributed by atoms with Crippen LogP contribution in [0.2, 0.25) is 0 Å². The van der Waals surface area contributed by atoms with Crippen molar-refractivity contribution in [3.63, 3.8) is 0 Å². The van der Waals surface area contributed by atoms with E-state index in [1.165, 1.54) is 19.3 Å². The third-order valence-electron chi connectivity index (χ3n) is 1.83. The largest absolute Gasteiger partial charge is 0.356 e. The zero-order valence-electron chi connectivity index (χ0n) is 10.5. The van der Waals surface area contributed by atoms with Gasteiger partial charge in [-0.05, 0) is 12.3 Å². The first kappa shape index (κ1) is 15.9. The van der Waals surface area contributed by atoms with Gasteiger partial charge in [-0.3, -0.25) is 4.79 Å². The Labute approximate surface area is 91.0 Å². The lowest BCUT2D eigenvalue weighted by atomic mass is 10.1. The van der Waals surface area contributed by atoms with Crippen LogP contribution in [-0.4, -0.2) is 12.5 Å². The van der Waals surface area contributed by atoms with Crippen LogP contribution < -0.4 is 5.32 Å². The molecular weight excluding hydrogens is 174 g/mol. The number of amides is 1. The van der Waals surface area contributed by atoms with Gasteiger partial charge in [0.05, 0.1) is 0 Å². The van der Waals surface area contributed by atoms with Crippen molar-refractivity contribution in [2.45, 2.75) is 60.3 Å². The summed E-state index contributed by atoms with van der Waals surface area (Å²) in [7, 11) is 0. The molecule has 0 aliphatic heterocycles. The minimum absolute atomic E-state index is 0. The average molecular weight is 203 g/mol. The van der Waals surface area contributed by atoms with Crippen molar-refractivity contribution >= 4 is 5.91 Å². The van der Waals surface area contributed by atoms with E-state index < -0.39 is 0 Å². The molecule has 1 N–H and O–H groups in total. The van der Waals surface area contributed by atoms with E-state index in [1.807, 2.05) is 13.8 Å². The fourth-order valence-electron chi connectivity index (χ4n) is 1.12. The lowest BCUT2D eigenvalue weighted by Crippen LogP contribution is -2.20. The van der Waals surface area contributed by atoms with Crippen LogP contribution >= 0.6 is 0 Å². The Hall–Kier alpha value is -0.530. The van der Waals surface area contributed by atoms with Gasteiger partial charge in [0.2, 0.25) is 5.91 Å². The topological polar surface area (TPSA) is 29.1 Å². The molecule has 0 aliphatic carbocycles. The van der Waals surface area contributed by atoms with E-state index in [2.05, 4.69) is 19.2 Å². The predicted molar refractivity (Wildman–Crippen MR) is 65.5 cm³/mol. The van der Waals surface area contributed by atoms with Gasteiger partial charge >= 0.3 is 0 Å². The molecule has 0 bridgehead atoms. The normalized spacial score (nSPS) is 9.29. The van der Waals surface area contributed by atoms with Gasteiger partial charge in [-0.2, -0.15) is 0 Å². The maximum absolute atomic E-state index is 10.5. The first-order valence-corrected chi connectivity index (χ1v) is 5.87. The quantitative estimate of drug-likeness (QED) is 0.656. The summed E-state index contributed by atoms with van der Waals surface area (Å²) in [5.41, 5.74) is 0. The minimum atomic E-state index is 0. The molecule has 0 aromatic heterocycles. The second kappa shape index (κ2) is 12.5. The summed E-state index contributed by atoms with van der Waals surface area (Å²) in [6.45, 7) is 10.9. The van der Waals surface area contributed by atoms with Crippen LogP contribution in [0.5, 0.6) is 0 Å². The zero-order valence-corrected chi connectivity index (χ0v) is 10.5. The van der Waals surface area contributed by atoms with Gasteiger partial charge in [0.1, 0.15) is 0 Å². The Morgan fingerprint density at radius 2 is 1.79 bits per heavy atom. The number of nitrogens with one attached hydrogen (secondary N) is 1. The second-order valence-corrected chi connectivity index (χ2v) is 3.73. The minimum Gasteiger partial charge on any atom is -0.356 e. The molecule has 14 heavy (non-hydrogen) atoms. The molecule has 0 rings (SSSR count). The van der Waals surface area contributed by atoms with Crippen molar-refractivity contribution in [2.24, 2.45) is 5.92 Å². The first-order valence-electron chi connectivity index (χ1n) is 5.87. The molecule has 0 atom stereocenters. The highest BCUT2D eigenvalue weighted by Gasteiger charge is 1.94. The van der Waals surface area contributed by atoms with Crippen molar-refractivity contribution in [3.05, 3.63) is 0 Å². The highest BCUT2D eigenvalue weighted by atomic mass is 16.1. The van der Waals surface area contributed by atoms with E-state index in [-0.39, 0.29) is 7.33 Å².